The van der Waals surface area contributed by atoms with Crippen LogP contribution in [-0.2, 0) is 19.1 Å². The Balaban J connectivity index is 1.59. The molecule has 4 saturated carbocycles. The molecule has 0 aromatic heterocycles. The molecule has 4 N–H and O–H groups in total. The molecule has 5 rings (SSSR count). The average Bonchev–Trinajstić information content (AvgIpc) is 3.06. The Morgan fingerprint density at radius 2 is 1.53 bits per heavy atom. The van der Waals surface area contributed by atoms with Gasteiger partial charge in [-0.1, -0.05) is 65.3 Å². The summed E-state index contributed by atoms with van der Waals surface area (Å²) >= 11 is 0. The number of fused-ring (bicyclic) bond motifs is 7. The predicted molar refractivity (Wildman–Crippen MR) is 189 cm³/mol. The molecule has 0 saturated heterocycles. The van der Waals surface area contributed by atoms with E-state index in [9.17, 15) is 30.0 Å². The standard InChI is InChI=1S/C41H64O8/c1-11-24(4)34(46)48-23-38(9)28-16-19-39(10)29(37(28,8)18-17-30(38)43)15-14-26-27-20-36(6,7)32(45)33(49-35(47)25(5)12-2)41(27,22-42)31(44)21-40(26,39)13-3/h11-12,14,27-33,42-45H,13,15-23H2,1-10H3/b24-11-,25-12-/t27?,28?,29?,30-,31+,32-,33-,37-,38+,39+,40+,41-/m0/s1. The van der Waals surface area contributed by atoms with E-state index in [4.69, 9.17) is 9.47 Å². The maximum absolute atomic E-state index is 13.2. The van der Waals surface area contributed by atoms with Crippen LogP contribution in [-0.4, -0.2) is 70.0 Å². The van der Waals surface area contributed by atoms with Gasteiger partial charge in [-0.2, -0.15) is 0 Å². The third kappa shape index (κ3) is 5.27. The summed E-state index contributed by atoms with van der Waals surface area (Å²) in [6.07, 6.45) is 7.95. The summed E-state index contributed by atoms with van der Waals surface area (Å²) in [7, 11) is 0. The van der Waals surface area contributed by atoms with Crippen LogP contribution in [0, 0.1) is 50.2 Å². The van der Waals surface area contributed by atoms with E-state index >= 15 is 0 Å². The number of aliphatic hydroxyl groups excluding tert-OH is 4. The van der Waals surface area contributed by atoms with Gasteiger partial charge in [-0.3, -0.25) is 0 Å². The molecule has 12 atom stereocenters. The Bertz CT molecular complexity index is 1410. The quantitative estimate of drug-likeness (QED) is 0.137. The normalized spacial score (nSPS) is 46.3. The number of allylic oxidation sites excluding steroid dienone is 4. The van der Waals surface area contributed by atoms with Crippen molar-refractivity contribution in [1.29, 1.82) is 0 Å². The Kier molecular flexibility index (Phi) is 10.1. The Hall–Kier alpha value is -2.00. The van der Waals surface area contributed by atoms with Crippen LogP contribution >= 0.6 is 0 Å². The van der Waals surface area contributed by atoms with E-state index in [1.54, 1.807) is 32.9 Å². The second-order valence-corrected chi connectivity index (χ2v) is 18.0. The van der Waals surface area contributed by atoms with Crippen molar-refractivity contribution in [3.05, 3.63) is 34.9 Å². The number of ether oxygens (including phenoxy) is 2. The minimum atomic E-state index is -1.24. The number of hydrogen-bond acceptors (Lipinski definition) is 8. The number of carbonyl (C=O) groups excluding carboxylic acids is 2. The van der Waals surface area contributed by atoms with E-state index in [1.165, 1.54) is 5.57 Å². The van der Waals surface area contributed by atoms with E-state index in [-0.39, 0.29) is 46.6 Å². The molecule has 8 nitrogen and oxygen atoms in total. The molecule has 0 aromatic rings. The predicted octanol–water partition coefficient (Wildman–Crippen LogP) is 6.45. The summed E-state index contributed by atoms with van der Waals surface area (Å²) < 4.78 is 12.0. The van der Waals surface area contributed by atoms with Crippen LogP contribution in [0.5, 0.6) is 0 Å². The largest absolute Gasteiger partial charge is 0.462 e. The average molecular weight is 685 g/mol. The topological polar surface area (TPSA) is 134 Å². The fourth-order valence-corrected chi connectivity index (χ4v) is 12.3. The number of esters is 2. The summed E-state index contributed by atoms with van der Waals surface area (Å²) in [4.78, 5) is 26.0. The van der Waals surface area contributed by atoms with Crippen molar-refractivity contribution in [3.8, 4) is 0 Å². The monoisotopic (exact) mass is 684 g/mol. The van der Waals surface area contributed by atoms with Crippen LogP contribution in [0.15, 0.2) is 34.9 Å². The Labute approximate surface area is 294 Å². The molecular formula is C41H64O8. The molecule has 0 aromatic carbocycles. The smallest absolute Gasteiger partial charge is 0.333 e. The van der Waals surface area contributed by atoms with Crippen LogP contribution in [0.1, 0.15) is 121 Å². The zero-order chi connectivity index (χ0) is 36.5. The van der Waals surface area contributed by atoms with Crippen molar-refractivity contribution in [1.82, 2.24) is 0 Å². The van der Waals surface area contributed by atoms with E-state index in [0.717, 1.165) is 32.1 Å². The Morgan fingerprint density at radius 1 is 0.898 bits per heavy atom. The zero-order valence-corrected chi connectivity index (χ0v) is 31.8. The lowest BCUT2D eigenvalue weighted by molar-refractivity contribution is -0.266. The zero-order valence-electron chi connectivity index (χ0n) is 31.8. The van der Waals surface area contributed by atoms with Gasteiger partial charge in [0.1, 0.15) is 6.10 Å². The van der Waals surface area contributed by atoms with Crippen LogP contribution in [0.25, 0.3) is 0 Å². The molecule has 0 spiro atoms. The summed E-state index contributed by atoms with van der Waals surface area (Å²) in [5.41, 5.74) is -0.966. The first kappa shape index (κ1) is 38.2. The molecule has 0 heterocycles. The van der Waals surface area contributed by atoms with E-state index in [1.807, 2.05) is 20.8 Å². The van der Waals surface area contributed by atoms with E-state index in [0.29, 0.717) is 30.4 Å². The fourth-order valence-electron chi connectivity index (χ4n) is 12.3. The minimum absolute atomic E-state index is 0.136. The van der Waals surface area contributed by atoms with Gasteiger partial charge in [0.2, 0.25) is 0 Å². The molecule has 5 aliphatic rings. The molecule has 0 amide bonds. The first-order valence-electron chi connectivity index (χ1n) is 18.8. The Morgan fingerprint density at radius 3 is 2.12 bits per heavy atom. The van der Waals surface area contributed by atoms with Gasteiger partial charge in [0.05, 0.1) is 36.9 Å². The summed E-state index contributed by atoms with van der Waals surface area (Å²) in [6.45, 7) is 19.9. The summed E-state index contributed by atoms with van der Waals surface area (Å²) in [5.74, 6) is -0.784. The van der Waals surface area contributed by atoms with Gasteiger partial charge >= 0.3 is 11.9 Å². The third-order valence-electron chi connectivity index (χ3n) is 15.7. The number of aliphatic hydroxyl groups is 4. The molecule has 4 fully saturated rings. The lowest BCUT2D eigenvalue weighted by Gasteiger charge is -2.73. The van der Waals surface area contributed by atoms with Gasteiger partial charge < -0.3 is 29.9 Å². The third-order valence-corrected chi connectivity index (χ3v) is 15.7. The molecule has 49 heavy (non-hydrogen) atoms. The van der Waals surface area contributed by atoms with Crippen molar-refractivity contribution in [2.45, 2.75) is 145 Å². The van der Waals surface area contributed by atoms with Gasteiger partial charge in [0, 0.05) is 16.6 Å². The van der Waals surface area contributed by atoms with Gasteiger partial charge in [0.25, 0.3) is 0 Å². The second-order valence-electron chi connectivity index (χ2n) is 18.0. The lowest BCUT2D eigenvalue weighted by Crippen LogP contribution is -2.72. The first-order chi connectivity index (χ1) is 22.8. The van der Waals surface area contributed by atoms with E-state index < -0.39 is 53.2 Å². The molecule has 0 bridgehead atoms. The maximum atomic E-state index is 13.2. The molecule has 3 unspecified atom stereocenters. The SMILES string of the molecule is C/C=C(/C)C(=O)OC[C@]1(C)C2CC[C@]3(C)C(CC=C4C5CC(C)(C)[C@@H](O)[C@H](OC(=O)/C(C)=C\C)[C@]5(CO)[C@H](O)C[C@]43CC)[C@@]2(C)CC[C@@H]1O. The van der Waals surface area contributed by atoms with Gasteiger partial charge in [-0.25, -0.2) is 9.59 Å². The van der Waals surface area contributed by atoms with Crippen molar-refractivity contribution in [2.75, 3.05) is 13.2 Å². The highest BCUT2D eigenvalue weighted by atomic mass is 16.6. The number of hydrogen-bond donors (Lipinski definition) is 4. The van der Waals surface area contributed by atoms with Crippen LogP contribution in [0.4, 0.5) is 0 Å². The van der Waals surface area contributed by atoms with Crippen LogP contribution < -0.4 is 0 Å². The molecule has 5 aliphatic carbocycles. The summed E-state index contributed by atoms with van der Waals surface area (Å²) in [6, 6.07) is 0. The van der Waals surface area contributed by atoms with Crippen molar-refractivity contribution < 1.29 is 39.5 Å². The first-order valence-corrected chi connectivity index (χ1v) is 18.8. The molecule has 276 valence electrons. The molecule has 8 heteroatoms. The van der Waals surface area contributed by atoms with Crippen molar-refractivity contribution in [2.24, 2.45) is 50.2 Å². The molecule has 0 aliphatic heterocycles. The maximum Gasteiger partial charge on any atom is 0.333 e. The van der Waals surface area contributed by atoms with Crippen molar-refractivity contribution in [3.63, 3.8) is 0 Å². The van der Waals surface area contributed by atoms with Gasteiger partial charge in [0.15, 0.2) is 0 Å². The highest BCUT2D eigenvalue weighted by Crippen LogP contribution is 2.76. The van der Waals surface area contributed by atoms with Crippen molar-refractivity contribution >= 4 is 11.9 Å². The lowest BCUT2D eigenvalue weighted by atomic mass is 9.32. The number of rotatable bonds is 7. The second kappa shape index (κ2) is 12.9. The van der Waals surface area contributed by atoms with E-state index in [2.05, 4.69) is 33.8 Å². The minimum Gasteiger partial charge on any atom is -0.462 e. The molecule has 0 radical (unpaired) electrons. The molecular weight excluding hydrogens is 620 g/mol. The fraction of sp³-hybridized carbons (Fsp3) is 0.805. The highest BCUT2D eigenvalue weighted by Gasteiger charge is 2.73. The summed E-state index contributed by atoms with van der Waals surface area (Å²) in [5, 5.41) is 47.1. The van der Waals surface area contributed by atoms with Crippen LogP contribution in [0.3, 0.4) is 0 Å². The highest BCUT2D eigenvalue weighted by molar-refractivity contribution is 5.88. The van der Waals surface area contributed by atoms with Crippen LogP contribution in [0.2, 0.25) is 0 Å². The van der Waals surface area contributed by atoms with Gasteiger partial charge in [-0.05, 0) is 118 Å². The van der Waals surface area contributed by atoms with Gasteiger partial charge in [-0.15, -0.1) is 0 Å². The number of carbonyl (C=O) groups is 2.